The third-order valence-corrected chi connectivity index (χ3v) is 4.53. The molecule has 3 rings (SSSR count). The highest BCUT2D eigenvalue weighted by atomic mass is 15.5. The summed E-state index contributed by atoms with van der Waals surface area (Å²) < 4.78 is 1.70. The molecule has 0 amide bonds. The zero-order valence-electron chi connectivity index (χ0n) is 12.8. The molecule has 5 nitrogen and oxygen atoms in total. The van der Waals surface area contributed by atoms with Crippen molar-refractivity contribution in [3.63, 3.8) is 0 Å². The Morgan fingerprint density at radius 3 is 2.90 bits per heavy atom. The molecule has 2 aromatic rings. The summed E-state index contributed by atoms with van der Waals surface area (Å²) in [6.07, 6.45) is 6.59. The zero-order valence-corrected chi connectivity index (χ0v) is 12.8. The molecule has 1 aromatic heterocycles. The lowest BCUT2D eigenvalue weighted by molar-refractivity contribution is 0.317. The summed E-state index contributed by atoms with van der Waals surface area (Å²) in [5.41, 5.74) is 2.22. The summed E-state index contributed by atoms with van der Waals surface area (Å²) >= 11 is 0. The Morgan fingerprint density at radius 2 is 2.14 bits per heavy atom. The van der Waals surface area contributed by atoms with Crippen LogP contribution in [0.25, 0.3) is 11.4 Å². The largest absolute Gasteiger partial charge is 0.382 e. The minimum absolute atomic E-state index is 0.594. The lowest BCUT2D eigenvalue weighted by atomic mass is 9.83. The minimum atomic E-state index is 0.594. The molecule has 1 aliphatic carbocycles. The van der Waals surface area contributed by atoms with E-state index in [0.29, 0.717) is 6.04 Å². The second-order valence-electron chi connectivity index (χ2n) is 5.91. The van der Waals surface area contributed by atoms with Gasteiger partial charge in [0.1, 0.15) is 0 Å². The van der Waals surface area contributed by atoms with Gasteiger partial charge in [-0.2, -0.15) is 0 Å². The van der Waals surface area contributed by atoms with Crippen molar-refractivity contribution in [2.75, 3.05) is 5.32 Å². The van der Waals surface area contributed by atoms with E-state index < -0.39 is 0 Å². The van der Waals surface area contributed by atoms with Gasteiger partial charge < -0.3 is 5.32 Å². The van der Waals surface area contributed by atoms with Gasteiger partial charge in [-0.1, -0.05) is 38.3 Å². The Balaban J connectivity index is 1.78. The molecular formula is C16H23N5. The maximum atomic E-state index is 4.08. The van der Waals surface area contributed by atoms with Crippen molar-refractivity contribution in [3.8, 4) is 11.4 Å². The monoisotopic (exact) mass is 285 g/mol. The Labute approximate surface area is 125 Å². The fourth-order valence-corrected chi connectivity index (χ4v) is 3.32. The number of benzene rings is 1. The van der Waals surface area contributed by atoms with E-state index in [-0.39, 0.29) is 0 Å². The van der Waals surface area contributed by atoms with Gasteiger partial charge in [-0.15, -0.1) is 5.10 Å². The fourth-order valence-electron chi connectivity index (χ4n) is 3.32. The van der Waals surface area contributed by atoms with Crippen LogP contribution in [0.1, 0.15) is 39.0 Å². The molecular weight excluding hydrogens is 262 g/mol. The van der Waals surface area contributed by atoms with Crippen molar-refractivity contribution < 1.29 is 0 Å². The van der Waals surface area contributed by atoms with E-state index >= 15 is 0 Å². The maximum Gasteiger partial charge on any atom is 0.181 e. The van der Waals surface area contributed by atoms with Gasteiger partial charge in [0, 0.05) is 24.3 Å². The van der Waals surface area contributed by atoms with Crippen LogP contribution in [0, 0.1) is 5.92 Å². The van der Waals surface area contributed by atoms with Crippen LogP contribution >= 0.6 is 0 Å². The molecule has 2 unspecified atom stereocenters. The SMILES string of the molecule is CCC1CCCCC1Nc1cccc(-c2nnnn2C)c1. The predicted octanol–water partition coefficient (Wildman–Crippen LogP) is 3.26. The number of rotatable bonds is 4. The highest BCUT2D eigenvalue weighted by Gasteiger charge is 2.23. The van der Waals surface area contributed by atoms with Crippen molar-refractivity contribution in [2.45, 2.75) is 45.1 Å². The summed E-state index contributed by atoms with van der Waals surface area (Å²) in [6.45, 7) is 2.30. The molecule has 1 aromatic carbocycles. The molecule has 1 aliphatic rings. The molecule has 21 heavy (non-hydrogen) atoms. The standard InChI is InChI=1S/C16H23N5/c1-3-12-7-4-5-10-15(12)17-14-9-6-8-13(11-14)16-18-19-20-21(16)2/h6,8-9,11-12,15,17H,3-5,7,10H2,1-2H3. The van der Waals surface area contributed by atoms with Gasteiger partial charge in [-0.3, -0.25) is 0 Å². The van der Waals surface area contributed by atoms with Crippen molar-refractivity contribution in [1.29, 1.82) is 0 Å². The average Bonchev–Trinajstić information content (AvgIpc) is 2.94. The number of nitrogens with one attached hydrogen (secondary N) is 1. The zero-order chi connectivity index (χ0) is 14.7. The van der Waals surface area contributed by atoms with Crippen LogP contribution in [0.4, 0.5) is 5.69 Å². The Hall–Kier alpha value is -1.91. The molecule has 1 saturated carbocycles. The summed E-state index contributed by atoms with van der Waals surface area (Å²) in [7, 11) is 1.86. The predicted molar refractivity (Wildman–Crippen MR) is 83.9 cm³/mol. The Kier molecular flexibility index (Phi) is 4.18. The van der Waals surface area contributed by atoms with Crippen LogP contribution in [0.3, 0.4) is 0 Å². The van der Waals surface area contributed by atoms with Gasteiger partial charge in [0.05, 0.1) is 0 Å². The molecule has 0 spiro atoms. The van der Waals surface area contributed by atoms with E-state index in [1.165, 1.54) is 37.8 Å². The van der Waals surface area contributed by atoms with Crippen LogP contribution in [-0.2, 0) is 7.05 Å². The van der Waals surface area contributed by atoms with Crippen LogP contribution in [-0.4, -0.2) is 26.2 Å². The molecule has 112 valence electrons. The molecule has 0 radical (unpaired) electrons. The lowest BCUT2D eigenvalue weighted by Gasteiger charge is -2.32. The molecule has 0 saturated heterocycles. The normalized spacial score (nSPS) is 22.2. The van der Waals surface area contributed by atoms with Gasteiger partial charge in [0.25, 0.3) is 0 Å². The summed E-state index contributed by atoms with van der Waals surface area (Å²) in [4.78, 5) is 0. The Morgan fingerprint density at radius 1 is 1.29 bits per heavy atom. The number of nitrogens with zero attached hydrogens (tertiary/aromatic N) is 4. The van der Waals surface area contributed by atoms with Gasteiger partial charge in [0.2, 0.25) is 0 Å². The van der Waals surface area contributed by atoms with E-state index in [1.807, 2.05) is 7.05 Å². The highest BCUT2D eigenvalue weighted by molar-refractivity contribution is 5.62. The van der Waals surface area contributed by atoms with Crippen molar-refractivity contribution in [3.05, 3.63) is 24.3 Å². The van der Waals surface area contributed by atoms with Gasteiger partial charge in [0.15, 0.2) is 5.82 Å². The summed E-state index contributed by atoms with van der Waals surface area (Å²) in [6, 6.07) is 8.99. The van der Waals surface area contributed by atoms with Gasteiger partial charge >= 0.3 is 0 Å². The summed E-state index contributed by atoms with van der Waals surface area (Å²) in [5.74, 6) is 1.59. The van der Waals surface area contributed by atoms with E-state index in [9.17, 15) is 0 Å². The molecule has 2 atom stereocenters. The van der Waals surface area contributed by atoms with Crippen LogP contribution in [0.15, 0.2) is 24.3 Å². The average molecular weight is 285 g/mol. The first-order valence-electron chi connectivity index (χ1n) is 7.87. The van der Waals surface area contributed by atoms with Gasteiger partial charge in [-0.25, -0.2) is 4.68 Å². The number of anilines is 1. The molecule has 5 heteroatoms. The van der Waals surface area contributed by atoms with E-state index in [0.717, 1.165) is 17.3 Å². The van der Waals surface area contributed by atoms with E-state index in [4.69, 9.17) is 0 Å². The van der Waals surface area contributed by atoms with Crippen LogP contribution in [0.2, 0.25) is 0 Å². The molecule has 1 fully saturated rings. The first kappa shape index (κ1) is 14.0. The fraction of sp³-hybridized carbons (Fsp3) is 0.562. The molecule has 0 bridgehead atoms. The molecule has 0 aliphatic heterocycles. The first-order chi connectivity index (χ1) is 10.3. The maximum absolute atomic E-state index is 4.08. The number of tetrazole rings is 1. The second kappa shape index (κ2) is 6.24. The highest BCUT2D eigenvalue weighted by Crippen LogP contribution is 2.30. The van der Waals surface area contributed by atoms with Crippen molar-refractivity contribution >= 4 is 5.69 Å². The lowest BCUT2D eigenvalue weighted by Crippen LogP contribution is -2.31. The molecule has 1 heterocycles. The third-order valence-electron chi connectivity index (χ3n) is 4.53. The quantitative estimate of drug-likeness (QED) is 0.936. The number of hydrogen-bond donors (Lipinski definition) is 1. The van der Waals surface area contributed by atoms with Crippen LogP contribution < -0.4 is 5.32 Å². The third kappa shape index (κ3) is 3.06. The van der Waals surface area contributed by atoms with Gasteiger partial charge in [-0.05, 0) is 41.3 Å². The molecule has 1 N–H and O–H groups in total. The smallest absolute Gasteiger partial charge is 0.181 e. The minimum Gasteiger partial charge on any atom is -0.382 e. The number of hydrogen-bond acceptors (Lipinski definition) is 4. The van der Waals surface area contributed by atoms with E-state index in [2.05, 4.69) is 52.0 Å². The second-order valence-corrected chi connectivity index (χ2v) is 5.91. The van der Waals surface area contributed by atoms with E-state index in [1.54, 1.807) is 4.68 Å². The number of aryl methyl sites for hydroxylation is 1. The Bertz CT molecular complexity index is 592. The summed E-state index contributed by atoms with van der Waals surface area (Å²) in [5, 5.41) is 15.4. The topological polar surface area (TPSA) is 55.6 Å². The van der Waals surface area contributed by atoms with Crippen LogP contribution in [0.5, 0.6) is 0 Å². The van der Waals surface area contributed by atoms with Crippen molar-refractivity contribution in [2.24, 2.45) is 13.0 Å². The van der Waals surface area contributed by atoms with Crippen molar-refractivity contribution in [1.82, 2.24) is 20.2 Å². The number of aromatic nitrogens is 4. The first-order valence-corrected chi connectivity index (χ1v) is 7.87.